The highest BCUT2D eigenvalue weighted by molar-refractivity contribution is 7.16. The molecule has 1 amide bonds. The van der Waals surface area contributed by atoms with E-state index in [4.69, 9.17) is 4.74 Å². The third-order valence-corrected chi connectivity index (χ3v) is 6.26. The van der Waals surface area contributed by atoms with Gasteiger partial charge in [0.1, 0.15) is 17.4 Å². The van der Waals surface area contributed by atoms with E-state index in [1.165, 1.54) is 0 Å². The largest absolute Gasteiger partial charge is 0.488 e. The van der Waals surface area contributed by atoms with Crippen LogP contribution in [-0.2, 0) is 4.79 Å². The number of anilines is 1. The number of thiazole rings is 1. The average molecular weight is 395 g/mol. The highest BCUT2D eigenvalue weighted by Gasteiger charge is 2.39. The first kappa shape index (κ1) is 17.4. The van der Waals surface area contributed by atoms with E-state index in [0.717, 1.165) is 41.6 Å². The first-order valence-electron chi connectivity index (χ1n) is 9.57. The van der Waals surface area contributed by atoms with Gasteiger partial charge in [-0.3, -0.25) is 4.79 Å². The van der Waals surface area contributed by atoms with Gasteiger partial charge in [0.2, 0.25) is 11.9 Å². The molecule has 0 bridgehead atoms. The van der Waals surface area contributed by atoms with Crippen molar-refractivity contribution in [2.24, 2.45) is 5.92 Å². The maximum Gasteiger partial charge on any atom is 0.223 e. The van der Waals surface area contributed by atoms with Crippen molar-refractivity contribution >= 4 is 33.4 Å². The van der Waals surface area contributed by atoms with Gasteiger partial charge in [-0.1, -0.05) is 6.07 Å². The number of nitrogens with zero attached hydrogens (tertiary/aromatic N) is 3. The van der Waals surface area contributed by atoms with Gasteiger partial charge in [0.25, 0.3) is 0 Å². The van der Waals surface area contributed by atoms with E-state index in [0.29, 0.717) is 12.0 Å². The van der Waals surface area contributed by atoms with Crippen LogP contribution in [0.15, 0.2) is 42.2 Å². The van der Waals surface area contributed by atoms with Gasteiger partial charge < -0.3 is 15.4 Å². The molecular formula is C20H21N5O2S. The second-order valence-electron chi connectivity index (χ2n) is 7.45. The predicted octanol–water partition coefficient (Wildman–Crippen LogP) is 3.00. The first-order valence-corrected chi connectivity index (χ1v) is 10.5. The summed E-state index contributed by atoms with van der Waals surface area (Å²) in [4.78, 5) is 25.2. The second-order valence-corrected chi connectivity index (χ2v) is 8.34. The normalized spacial score (nSPS) is 26.1. The molecule has 0 atom stereocenters. The summed E-state index contributed by atoms with van der Waals surface area (Å²) in [6, 6.07) is 8.33. The lowest BCUT2D eigenvalue weighted by molar-refractivity contribution is -0.131. The highest BCUT2D eigenvalue weighted by atomic mass is 32.1. The SMILES string of the molecule is O=C(NC1CC(Nc2ncccn2)C1)C1CC(Oc2cccc3scnc23)C1. The van der Waals surface area contributed by atoms with E-state index < -0.39 is 0 Å². The van der Waals surface area contributed by atoms with Gasteiger partial charge in [-0.25, -0.2) is 15.0 Å². The molecule has 8 heteroatoms. The summed E-state index contributed by atoms with van der Waals surface area (Å²) in [7, 11) is 0. The summed E-state index contributed by atoms with van der Waals surface area (Å²) in [5, 5.41) is 6.44. The smallest absolute Gasteiger partial charge is 0.223 e. The van der Waals surface area contributed by atoms with Crippen LogP contribution in [0, 0.1) is 5.92 Å². The molecule has 0 aliphatic heterocycles. The van der Waals surface area contributed by atoms with Gasteiger partial charge in [-0.05, 0) is 43.9 Å². The fraction of sp³-hybridized carbons (Fsp3) is 0.400. The molecule has 144 valence electrons. The fourth-order valence-electron chi connectivity index (χ4n) is 3.74. The molecule has 2 heterocycles. The van der Waals surface area contributed by atoms with E-state index in [2.05, 4.69) is 25.6 Å². The maximum atomic E-state index is 12.4. The second kappa shape index (κ2) is 7.35. The minimum Gasteiger partial charge on any atom is -0.488 e. The van der Waals surface area contributed by atoms with Crippen LogP contribution in [0.1, 0.15) is 25.7 Å². The molecule has 0 unspecified atom stereocenters. The van der Waals surface area contributed by atoms with Crippen LogP contribution in [0.2, 0.25) is 0 Å². The van der Waals surface area contributed by atoms with Crippen molar-refractivity contribution in [3.05, 3.63) is 42.2 Å². The quantitative estimate of drug-likeness (QED) is 0.667. The van der Waals surface area contributed by atoms with Crippen LogP contribution in [-0.4, -0.2) is 39.0 Å². The molecule has 7 nitrogen and oxygen atoms in total. The monoisotopic (exact) mass is 395 g/mol. The van der Waals surface area contributed by atoms with Crippen molar-refractivity contribution in [3.8, 4) is 5.75 Å². The predicted molar refractivity (Wildman–Crippen MR) is 107 cm³/mol. The van der Waals surface area contributed by atoms with Gasteiger partial charge in [-0.15, -0.1) is 11.3 Å². The number of para-hydroxylation sites is 1. The molecule has 2 saturated carbocycles. The Labute approximate surface area is 166 Å². The zero-order chi connectivity index (χ0) is 18.9. The number of rotatable bonds is 6. The zero-order valence-electron chi connectivity index (χ0n) is 15.2. The Bertz CT molecular complexity index is 967. The summed E-state index contributed by atoms with van der Waals surface area (Å²) >= 11 is 1.61. The molecule has 28 heavy (non-hydrogen) atoms. The standard InChI is InChI=1S/C20H21N5O2S/c26-19(24-13-9-14(10-13)25-20-21-5-2-6-22-20)12-7-15(8-12)27-16-3-1-4-17-18(16)23-11-28-17/h1-6,11-15H,7-10H2,(H,24,26)(H,21,22,25). The van der Waals surface area contributed by atoms with Crippen LogP contribution < -0.4 is 15.4 Å². The Morgan fingerprint density at radius 2 is 1.86 bits per heavy atom. The molecule has 2 aliphatic rings. The Kier molecular flexibility index (Phi) is 4.56. The van der Waals surface area contributed by atoms with Gasteiger partial charge in [0.05, 0.1) is 10.2 Å². The van der Waals surface area contributed by atoms with E-state index in [-0.39, 0.29) is 24.0 Å². The van der Waals surface area contributed by atoms with Crippen molar-refractivity contribution in [3.63, 3.8) is 0 Å². The van der Waals surface area contributed by atoms with Crippen LogP contribution in [0.3, 0.4) is 0 Å². The van der Waals surface area contributed by atoms with E-state index >= 15 is 0 Å². The van der Waals surface area contributed by atoms with E-state index in [1.807, 2.05) is 23.7 Å². The number of carbonyl (C=O) groups excluding carboxylic acids is 1. The Hall–Kier alpha value is -2.74. The number of benzene rings is 1. The van der Waals surface area contributed by atoms with Gasteiger partial charge in [0.15, 0.2) is 0 Å². The number of ether oxygens (including phenoxy) is 1. The fourth-order valence-corrected chi connectivity index (χ4v) is 4.43. The summed E-state index contributed by atoms with van der Waals surface area (Å²) in [6.45, 7) is 0. The lowest BCUT2D eigenvalue weighted by Gasteiger charge is -2.39. The molecular weight excluding hydrogens is 374 g/mol. The summed E-state index contributed by atoms with van der Waals surface area (Å²) in [5.74, 6) is 1.65. The molecule has 0 spiro atoms. The molecule has 0 saturated heterocycles. The molecule has 1 aromatic carbocycles. The third-order valence-electron chi connectivity index (χ3n) is 5.47. The lowest BCUT2D eigenvalue weighted by Crippen LogP contribution is -2.53. The van der Waals surface area contributed by atoms with Crippen molar-refractivity contribution < 1.29 is 9.53 Å². The van der Waals surface area contributed by atoms with Gasteiger partial charge in [-0.2, -0.15) is 0 Å². The lowest BCUT2D eigenvalue weighted by atomic mass is 9.80. The number of amides is 1. The maximum absolute atomic E-state index is 12.4. The van der Waals surface area contributed by atoms with Crippen LogP contribution in [0.4, 0.5) is 5.95 Å². The van der Waals surface area contributed by atoms with Crippen molar-refractivity contribution in [1.82, 2.24) is 20.3 Å². The van der Waals surface area contributed by atoms with E-state index in [9.17, 15) is 4.79 Å². The Morgan fingerprint density at radius 1 is 1.04 bits per heavy atom. The Morgan fingerprint density at radius 3 is 2.68 bits per heavy atom. The molecule has 5 rings (SSSR count). The number of hydrogen-bond donors (Lipinski definition) is 2. The first-order chi connectivity index (χ1) is 13.7. The van der Waals surface area contributed by atoms with Crippen molar-refractivity contribution in [2.45, 2.75) is 43.9 Å². The number of carbonyl (C=O) groups is 1. The van der Waals surface area contributed by atoms with Gasteiger partial charge >= 0.3 is 0 Å². The molecule has 2 fully saturated rings. The summed E-state index contributed by atoms with van der Waals surface area (Å²) in [5.41, 5.74) is 2.75. The zero-order valence-corrected chi connectivity index (χ0v) is 16.1. The van der Waals surface area contributed by atoms with Crippen LogP contribution >= 0.6 is 11.3 Å². The number of nitrogens with one attached hydrogen (secondary N) is 2. The molecule has 2 aromatic heterocycles. The number of fused-ring (bicyclic) bond motifs is 1. The molecule has 2 aliphatic carbocycles. The van der Waals surface area contributed by atoms with E-state index in [1.54, 1.807) is 29.8 Å². The van der Waals surface area contributed by atoms with Crippen LogP contribution in [0.25, 0.3) is 10.2 Å². The number of aromatic nitrogens is 3. The summed E-state index contributed by atoms with van der Waals surface area (Å²) in [6.07, 6.45) is 6.87. The van der Waals surface area contributed by atoms with Crippen molar-refractivity contribution in [2.75, 3.05) is 5.32 Å². The minimum atomic E-state index is 0.0455. The topological polar surface area (TPSA) is 89.0 Å². The van der Waals surface area contributed by atoms with Crippen LogP contribution in [0.5, 0.6) is 5.75 Å². The highest BCUT2D eigenvalue weighted by Crippen LogP contribution is 2.35. The Balaban J connectivity index is 1.05. The molecule has 2 N–H and O–H groups in total. The van der Waals surface area contributed by atoms with Gasteiger partial charge in [0, 0.05) is 30.4 Å². The minimum absolute atomic E-state index is 0.0455. The average Bonchev–Trinajstić information content (AvgIpc) is 3.13. The third kappa shape index (κ3) is 3.52. The molecule has 0 radical (unpaired) electrons. The summed E-state index contributed by atoms with van der Waals surface area (Å²) < 4.78 is 7.20. The molecule has 3 aromatic rings. The number of hydrogen-bond acceptors (Lipinski definition) is 7. The van der Waals surface area contributed by atoms with Crippen molar-refractivity contribution in [1.29, 1.82) is 0 Å².